The number of nitrogens with zero attached hydrogens (tertiary/aromatic N) is 1. The molecule has 0 fully saturated rings. The Balaban J connectivity index is 2.59. The summed E-state index contributed by atoms with van der Waals surface area (Å²) in [7, 11) is 0. The number of nitriles is 1. The molecule has 0 saturated carbocycles. The zero-order valence-corrected chi connectivity index (χ0v) is 9.30. The van der Waals surface area contributed by atoms with Gasteiger partial charge in [-0.2, -0.15) is 5.26 Å². The lowest BCUT2D eigenvalue weighted by atomic mass is 10.0. The Hall–Kier alpha value is -1.92. The monoisotopic (exact) mass is 249 g/mol. The highest BCUT2D eigenvalue weighted by atomic mass is 35.5. The fraction of sp³-hybridized carbons (Fsp3) is 0. The average molecular weight is 250 g/mol. The molecule has 0 aliphatic heterocycles. The molecule has 0 N–H and O–H groups in total. The third-order valence-electron chi connectivity index (χ3n) is 2.35. The predicted octanol–water partition coefficient (Wildman–Crippen LogP) is 4.16. The summed E-state index contributed by atoms with van der Waals surface area (Å²) < 4.78 is 26.6. The van der Waals surface area contributed by atoms with Gasteiger partial charge in [-0.3, -0.25) is 0 Å². The van der Waals surface area contributed by atoms with Crippen LogP contribution < -0.4 is 0 Å². The van der Waals surface area contributed by atoms with Gasteiger partial charge in [-0.25, -0.2) is 8.78 Å². The minimum atomic E-state index is -0.648. The first kappa shape index (κ1) is 11.6. The minimum Gasteiger partial charge on any atom is -0.206 e. The summed E-state index contributed by atoms with van der Waals surface area (Å²) in [6.07, 6.45) is 0. The van der Waals surface area contributed by atoms with Crippen molar-refractivity contribution >= 4 is 11.6 Å². The van der Waals surface area contributed by atoms with Crippen LogP contribution >= 0.6 is 11.6 Å². The molecule has 0 unspecified atom stereocenters. The van der Waals surface area contributed by atoms with Gasteiger partial charge in [0.2, 0.25) is 0 Å². The Morgan fingerprint density at radius 2 is 1.82 bits per heavy atom. The summed E-state index contributed by atoms with van der Waals surface area (Å²) in [5.74, 6) is -1.21. The fourth-order valence-electron chi connectivity index (χ4n) is 1.50. The van der Waals surface area contributed by atoms with Crippen LogP contribution in [0.1, 0.15) is 5.56 Å². The van der Waals surface area contributed by atoms with Crippen molar-refractivity contribution in [1.29, 1.82) is 5.26 Å². The summed E-state index contributed by atoms with van der Waals surface area (Å²) in [6.45, 7) is 0. The smallest absolute Gasteiger partial charge is 0.142 e. The molecule has 17 heavy (non-hydrogen) atoms. The van der Waals surface area contributed by atoms with Gasteiger partial charge in [-0.15, -0.1) is 0 Å². The van der Waals surface area contributed by atoms with E-state index in [1.54, 1.807) is 12.1 Å². The number of hydrogen-bond acceptors (Lipinski definition) is 1. The van der Waals surface area contributed by atoms with Gasteiger partial charge in [0.15, 0.2) is 0 Å². The van der Waals surface area contributed by atoms with Gasteiger partial charge in [0.25, 0.3) is 0 Å². The van der Waals surface area contributed by atoms with Gasteiger partial charge < -0.3 is 0 Å². The molecule has 84 valence electrons. The lowest BCUT2D eigenvalue weighted by Gasteiger charge is -2.05. The molecule has 2 rings (SSSR count). The van der Waals surface area contributed by atoms with Crippen molar-refractivity contribution in [2.75, 3.05) is 0 Å². The van der Waals surface area contributed by atoms with Crippen molar-refractivity contribution in [2.45, 2.75) is 0 Å². The standard InChI is InChI=1S/C13H6ClF2N/c14-13-10(2-1-3-11(13)15)8-4-5-9(7-17)12(16)6-8/h1-6H. The van der Waals surface area contributed by atoms with Crippen molar-refractivity contribution in [3.63, 3.8) is 0 Å². The molecule has 0 saturated heterocycles. The summed E-state index contributed by atoms with van der Waals surface area (Å²) in [6, 6.07) is 10.1. The van der Waals surface area contributed by atoms with Crippen LogP contribution in [0.4, 0.5) is 8.78 Å². The third-order valence-corrected chi connectivity index (χ3v) is 2.74. The first-order chi connectivity index (χ1) is 8.13. The van der Waals surface area contributed by atoms with Crippen molar-refractivity contribution in [2.24, 2.45) is 0 Å². The second-order valence-electron chi connectivity index (χ2n) is 3.41. The van der Waals surface area contributed by atoms with Crippen LogP contribution in [0.5, 0.6) is 0 Å². The zero-order valence-electron chi connectivity index (χ0n) is 8.55. The second-order valence-corrected chi connectivity index (χ2v) is 3.79. The van der Waals surface area contributed by atoms with Crippen LogP contribution in [0.2, 0.25) is 5.02 Å². The molecule has 1 nitrogen and oxygen atoms in total. The van der Waals surface area contributed by atoms with Crippen LogP contribution in [0.3, 0.4) is 0 Å². The fourth-order valence-corrected chi connectivity index (χ4v) is 1.74. The van der Waals surface area contributed by atoms with E-state index in [1.807, 2.05) is 0 Å². The Morgan fingerprint density at radius 1 is 1.06 bits per heavy atom. The van der Waals surface area contributed by atoms with E-state index in [1.165, 1.54) is 30.3 Å². The topological polar surface area (TPSA) is 23.8 Å². The summed E-state index contributed by atoms with van der Waals surface area (Å²) in [4.78, 5) is 0. The van der Waals surface area contributed by atoms with Gasteiger partial charge in [-0.1, -0.05) is 29.8 Å². The van der Waals surface area contributed by atoms with Crippen molar-refractivity contribution in [3.05, 3.63) is 58.6 Å². The van der Waals surface area contributed by atoms with E-state index in [0.717, 1.165) is 0 Å². The molecule has 0 aliphatic carbocycles. The van der Waals surface area contributed by atoms with E-state index in [0.29, 0.717) is 11.1 Å². The van der Waals surface area contributed by atoms with E-state index in [4.69, 9.17) is 16.9 Å². The molecule has 2 aromatic carbocycles. The highest BCUT2D eigenvalue weighted by Gasteiger charge is 2.10. The number of hydrogen-bond donors (Lipinski definition) is 0. The van der Waals surface area contributed by atoms with Gasteiger partial charge in [0.05, 0.1) is 10.6 Å². The maximum atomic E-state index is 13.4. The average Bonchev–Trinajstić information content (AvgIpc) is 2.32. The Labute approximate surface area is 102 Å². The van der Waals surface area contributed by atoms with Crippen LogP contribution in [-0.4, -0.2) is 0 Å². The number of rotatable bonds is 1. The first-order valence-corrected chi connectivity index (χ1v) is 5.15. The van der Waals surface area contributed by atoms with E-state index in [-0.39, 0.29) is 10.6 Å². The first-order valence-electron chi connectivity index (χ1n) is 4.77. The largest absolute Gasteiger partial charge is 0.206 e. The van der Waals surface area contributed by atoms with Crippen molar-refractivity contribution < 1.29 is 8.78 Å². The predicted molar refractivity (Wildman–Crippen MR) is 61.5 cm³/mol. The highest BCUT2D eigenvalue weighted by molar-refractivity contribution is 6.33. The lowest BCUT2D eigenvalue weighted by molar-refractivity contribution is 0.623. The highest BCUT2D eigenvalue weighted by Crippen LogP contribution is 2.30. The summed E-state index contributed by atoms with van der Waals surface area (Å²) >= 11 is 5.79. The number of halogens is 3. The Morgan fingerprint density at radius 3 is 2.47 bits per heavy atom. The zero-order chi connectivity index (χ0) is 12.4. The quantitative estimate of drug-likeness (QED) is 0.745. The Bertz CT molecular complexity index is 617. The molecular formula is C13H6ClF2N. The van der Waals surface area contributed by atoms with E-state index in [9.17, 15) is 8.78 Å². The van der Waals surface area contributed by atoms with Gasteiger partial charge in [0.1, 0.15) is 17.7 Å². The maximum absolute atomic E-state index is 13.4. The van der Waals surface area contributed by atoms with Crippen LogP contribution in [0.15, 0.2) is 36.4 Å². The molecule has 0 bridgehead atoms. The van der Waals surface area contributed by atoms with Crippen molar-refractivity contribution in [1.82, 2.24) is 0 Å². The molecule has 0 aliphatic rings. The Kier molecular flexibility index (Phi) is 3.08. The SMILES string of the molecule is N#Cc1ccc(-c2cccc(F)c2Cl)cc1F. The minimum absolute atomic E-state index is 0.0544. The summed E-state index contributed by atoms with van der Waals surface area (Å²) in [5, 5.41) is 8.54. The lowest BCUT2D eigenvalue weighted by Crippen LogP contribution is -1.88. The molecule has 2 aromatic rings. The van der Waals surface area contributed by atoms with Gasteiger partial charge in [0, 0.05) is 5.56 Å². The normalized spacial score (nSPS) is 10.0. The molecule has 0 aromatic heterocycles. The van der Waals surface area contributed by atoms with Gasteiger partial charge >= 0.3 is 0 Å². The van der Waals surface area contributed by atoms with Gasteiger partial charge in [-0.05, 0) is 23.8 Å². The van der Waals surface area contributed by atoms with Crippen LogP contribution in [-0.2, 0) is 0 Å². The van der Waals surface area contributed by atoms with E-state index in [2.05, 4.69) is 0 Å². The molecule has 0 amide bonds. The molecule has 0 radical (unpaired) electrons. The third kappa shape index (κ3) is 2.13. The molecule has 0 spiro atoms. The number of benzene rings is 2. The van der Waals surface area contributed by atoms with Crippen LogP contribution in [0, 0.1) is 23.0 Å². The summed E-state index contributed by atoms with van der Waals surface area (Å²) in [5.41, 5.74) is 0.780. The van der Waals surface area contributed by atoms with Crippen molar-refractivity contribution in [3.8, 4) is 17.2 Å². The van der Waals surface area contributed by atoms with Crippen LogP contribution in [0.25, 0.3) is 11.1 Å². The molecule has 4 heteroatoms. The molecule has 0 atom stereocenters. The molecule has 0 heterocycles. The van der Waals surface area contributed by atoms with E-state index >= 15 is 0 Å². The molecular weight excluding hydrogens is 244 g/mol. The van der Waals surface area contributed by atoms with E-state index < -0.39 is 11.6 Å². The second kappa shape index (κ2) is 4.52. The maximum Gasteiger partial charge on any atom is 0.142 e.